The Hall–Kier alpha value is -1.46. The number of H-pyrrole nitrogens is 1. The maximum atomic E-state index is 13.5. The predicted octanol–water partition coefficient (Wildman–Crippen LogP) is 3.16. The van der Waals surface area contributed by atoms with Crippen molar-refractivity contribution in [2.24, 2.45) is 11.8 Å². The van der Waals surface area contributed by atoms with Gasteiger partial charge in [-0.15, -0.1) is 0 Å². The number of carbonyl (C=O) groups is 1. The molecule has 2 atom stereocenters. The maximum absolute atomic E-state index is 13.5. The monoisotopic (exact) mass is 334 g/mol. The summed E-state index contributed by atoms with van der Waals surface area (Å²) in [5, 5.41) is 7.29. The number of alkyl halides is 1. The van der Waals surface area contributed by atoms with Crippen LogP contribution in [0.4, 0.5) is 4.39 Å². The summed E-state index contributed by atoms with van der Waals surface area (Å²) in [4.78, 5) is 19.0. The molecule has 2 aliphatic carbocycles. The van der Waals surface area contributed by atoms with Crippen molar-refractivity contribution in [3.8, 4) is 0 Å². The number of aromatic nitrogens is 3. The van der Waals surface area contributed by atoms with Crippen LogP contribution in [0.25, 0.3) is 0 Å². The third kappa shape index (κ3) is 3.33. The molecule has 1 aliphatic heterocycles. The van der Waals surface area contributed by atoms with Gasteiger partial charge in [-0.2, -0.15) is 5.10 Å². The van der Waals surface area contributed by atoms with Crippen molar-refractivity contribution in [2.75, 3.05) is 19.8 Å². The van der Waals surface area contributed by atoms with Gasteiger partial charge in [0.25, 0.3) is 0 Å². The molecule has 1 N–H and O–H groups in total. The molecule has 2 unspecified atom stereocenters. The quantitative estimate of drug-likeness (QED) is 0.869. The van der Waals surface area contributed by atoms with E-state index in [-0.39, 0.29) is 17.7 Å². The molecule has 6 heteroatoms. The lowest BCUT2D eigenvalue weighted by Crippen LogP contribution is -2.29. The Morgan fingerprint density at radius 3 is 2.71 bits per heavy atom. The van der Waals surface area contributed by atoms with Crippen molar-refractivity contribution in [1.29, 1.82) is 0 Å². The summed E-state index contributed by atoms with van der Waals surface area (Å²) in [5.41, 5.74) is 0. The Bertz CT molecular complexity index is 579. The lowest BCUT2D eigenvalue weighted by Gasteiger charge is -2.17. The van der Waals surface area contributed by atoms with Gasteiger partial charge in [0.2, 0.25) is 5.91 Å². The second kappa shape index (κ2) is 6.81. The highest BCUT2D eigenvalue weighted by atomic mass is 19.1. The van der Waals surface area contributed by atoms with Crippen LogP contribution in [-0.2, 0) is 4.79 Å². The van der Waals surface area contributed by atoms with Crippen LogP contribution in [0.5, 0.6) is 0 Å². The number of rotatable bonds is 6. The van der Waals surface area contributed by atoms with E-state index >= 15 is 0 Å². The maximum Gasteiger partial charge on any atom is 0.222 e. The molecule has 1 aromatic heterocycles. The van der Waals surface area contributed by atoms with Gasteiger partial charge >= 0.3 is 0 Å². The van der Waals surface area contributed by atoms with E-state index in [0.29, 0.717) is 25.4 Å². The second-order valence-electron chi connectivity index (χ2n) is 7.86. The van der Waals surface area contributed by atoms with Gasteiger partial charge < -0.3 is 4.90 Å². The molecule has 0 bridgehead atoms. The van der Waals surface area contributed by atoms with E-state index in [4.69, 9.17) is 0 Å². The summed E-state index contributed by atoms with van der Waals surface area (Å²) in [6.07, 6.45) is 9.07. The molecule has 3 aliphatic rings. The van der Waals surface area contributed by atoms with Gasteiger partial charge in [-0.3, -0.25) is 14.3 Å². The minimum Gasteiger partial charge on any atom is -0.342 e. The van der Waals surface area contributed by atoms with E-state index in [1.165, 1.54) is 25.7 Å². The van der Waals surface area contributed by atoms with Gasteiger partial charge in [-0.05, 0) is 25.2 Å². The van der Waals surface area contributed by atoms with Crippen LogP contribution in [0.15, 0.2) is 0 Å². The van der Waals surface area contributed by atoms with Crippen molar-refractivity contribution >= 4 is 5.91 Å². The van der Waals surface area contributed by atoms with Crippen molar-refractivity contribution in [3.05, 3.63) is 11.6 Å². The number of nitrogens with zero attached hydrogens (tertiary/aromatic N) is 3. The Labute approximate surface area is 142 Å². The van der Waals surface area contributed by atoms with Crippen molar-refractivity contribution in [1.82, 2.24) is 20.1 Å². The fourth-order valence-electron chi connectivity index (χ4n) is 4.30. The highest BCUT2D eigenvalue weighted by Gasteiger charge is 2.39. The molecule has 24 heavy (non-hydrogen) atoms. The molecule has 1 amide bonds. The summed E-state index contributed by atoms with van der Waals surface area (Å²) in [6.45, 7) is 0.693. The van der Waals surface area contributed by atoms with E-state index in [0.717, 1.165) is 36.8 Å². The van der Waals surface area contributed by atoms with Gasteiger partial charge in [0.15, 0.2) is 5.82 Å². The van der Waals surface area contributed by atoms with E-state index in [9.17, 15) is 9.18 Å². The molecule has 3 fully saturated rings. The van der Waals surface area contributed by atoms with Crippen LogP contribution in [-0.4, -0.2) is 45.8 Å². The Kier molecular flexibility index (Phi) is 4.55. The number of carbonyl (C=O) groups excluding carboxylic acids is 1. The molecule has 5 nitrogen and oxygen atoms in total. The van der Waals surface area contributed by atoms with Crippen molar-refractivity contribution in [3.63, 3.8) is 0 Å². The van der Waals surface area contributed by atoms with Gasteiger partial charge in [0.05, 0.1) is 6.67 Å². The van der Waals surface area contributed by atoms with E-state index in [1.807, 2.05) is 4.90 Å². The van der Waals surface area contributed by atoms with Gasteiger partial charge in [-0.25, -0.2) is 4.98 Å². The predicted molar refractivity (Wildman–Crippen MR) is 88.3 cm³/mol. The average Bonchev–Trinajstić information content (AvgIpc) is 3.05. The Balaban J connectivity index is 1.36. The Morgan fingerprint density at radius 2 is 2.00 bits per heavy atom. The molecule has 2 saturated carbocycles. The number of hydrogen-bond acceptors (Lipinski definition) is 3. The van der Waals surface area contributed by atoms with Crippen LogP contribution in [0, 0.1) is 11.8 Å². The summed E-state index contributed by atoms with van der Waals surface area (Å²) >= 11 is 0. The fraction of sp³-hybridized carbons (Fsp3) is 0.833. The third-order valence-corrected chi connectivity index (χ3v) is 6.05. The first-order chi connectivity index (χ1) is 11.7. The summed E-state index contributed by atoms with van der Waals surface area (Å²) in [6, 6.07) is 0. The molecule has 0 spiro atoms. The number of amides is 1. The largest absolute Gasteiger partial charge is 0.342 e. The topological polar surface area (TPSA) is 61.9 Å². The Morgan fingerprint density at radius 1 is 1.21 bits per heavy atom. The number of likely N-dealkylation sites (tertiary alicyclic amines) is 1. The van der Waals surface area contributed by atoms with E-state index < -0.39 is 6.67 Å². The first-order valence-electron chi connectivity index (χ1n) is 9.50. The van der Waals surface area contributed by atoms with Gasteiger partial charge in [0, 0.05) is 37.3 Å². The van der Waals surface area contributed by atoms with Crippen molar-refractivity contribution < 1.29 is 9.18 Å². The molecule has 1 aromatic rings. The molecule has 2 heterocycles. The van der Waals surface area contributed by atoms with E-state index in [1.54, 1.807) is 0 Å². The van der Waals surface area contributed by atoms with Crippen molar-refractivity contribution in [2.45, 2.75) is 63.2 Å². The molecule has 1 saturated heterocycles. The third-order valence-electron chi connectivity index (χ3n) is 6.05. The SMILES string of the molecule is O=C(CCC1CCCC1)N1CC(CF)C(c2nc(C3CC3)n[nH]2)C1. The molecular weight excluding hydrogens is 307 g/mol. The highest BCUT2D eigenvalue weighted by molar-refractivity contribution is 5.76. The number of hydrogen-bond donors (Lipinski definition) is 1. The number of aromatic amines is 1. The van der Waals surface area contributed by atoms with Crippen LogP contribution in [0.1, 0.15) is 74.9 Å². The lowest BCUT2D eigenvalue weighted by molar-refractivity contribution is -0.130. The summed E-state index contributed by atoms with van der Waals surface area (Å²) < 4.78 is 13.5. The molecule has 132 valence electrons. The lowest BCUT2D eigenvalue weighted by atomic mass is 9.97. The molecular formula is C18H27FN4O. The molecule has 0 aromatic carbocycles. The zero-order valence-electron chi connectivity index (χ0n) is 14.2. The van der Waals surface area contributed by atoms with Crippen LogP contribution in [0.3, 0.4) is 0 Å². The summed E-state index contributed by atoms with van der Waals surface area (Å²) in [7, 11) is 0. The normalized spacial score (nSPS) is 28.0. The van der Waals surface area contributed by atoms with Gasteiger partial charge in [0.1, 0.15) is 5.82 Å². The minimum absolute atomic E-state index is 0.0366. The van der Waals surface area contributed by atoms with Crippen LogP contribution < -0.4 is 0 Å². The summed E-state index contributed by atoms with van der Waals surface area (Å²) in [5.74, 6) is 2.85. The first kappa shape index (κ1) is 16.0. The first-order valence-corrected chi connectivity index (χ1v) is 9.50. The highest BCUT2D eigenvalue weighted by Crippen LogP contribution is 2.39. The average molecular weight is 334 g/mol. The van der Waals surface area contributed by atoms with Gasteiger partial charge in [-0.1, -0.05) is 25.7 Å². The zero-order chi connectivity index (χ0) is 16.5. The van der Waals surface area contributed by atoms with Crippen LogP contribution >= 0.6 is 0 Å². The van der Waals surface area contributed by atoms with E-state index in [2.05, 4.69) is 15.2 Å². The minimum atomic E-state index is -0.406. The number of nitrogens with one attached hydrogen (secondary N) is 1. The standard InChI is InChI=1S/C18H27FN4O/c19-9-14-10-23(16(24)8-5-12-3-1-2-4-12)11-15(14)18-20-17(21-22-18)13-6-7-13/h12-15H,1-11H2,(H,20,21,22). The van der Waals surface area contributed by atoms with Crippen LogP contribution in [0.2, 0.25) is 0 Å². The smallest absolute Gasteiger partial charge is 0.222 e. The molecule has 4 rings (SSSR count). The fourth-order valence-corrected chi connectivity index (χ4v) is 4.30. The number of halogens is 1. The second-order valence-corrected chi connectivity index (χ2v) is 7.86. The molecule has 0 radical (unpaired) electrons. The zero-order valence-corrected chi connectivity index (χ0v) is 14.2.